The quantitative estimate of drug-likeness (QED) is 0.826. The molecule has 1 rings (SSSR count). The highest BCUT2D eigenvalue weighted by Crippen LogP contribution is 2.16. The third-order valence-electron chi connectivity index (χ3n) is 3.29. The van der Waals surface area contributed by atoms with Crippen molar-refractivity contribution in [1.82, 2.24) is 4.90 Å². The van der Waals surface area contributed by atoms with Crippen molar-refractivity contribution >= 4 is 11.8 Å². The normalized spacial score (nSPS) is 13.0. The van der Waals surface area contributed by atoms with Crippen LogP contribution in [-0.4, -0.2) is 30.0 Å². The lowest BCUT2D eigenvalue weighted by molar-refractivity contribution is 0.241. The number of thioether (sulfide) groups is 1. The summed E-state index contributed by atoms with van der Waals surface area (Å²) in [5.41, 5.74) is 6.85. The van der Waals surface area contributed by atoms with E-state index in [1.54, 1.807) is 6.07 Å². The fraction of sp³-hybridized carbons (Fsp3) is 0.571. The van der Waals surface area contributed by atoms with Crippen molar-refractivity contribution in [2.75, 3.05) is 19.1 Å². The molecule has 0 aromatic heterocycles. The molecule has 0 fully saturated rings. The zero-order chi connectivity index (χ0) is 13.5. The third-order valence-corrected chi connectivity index (χ3v) is 3.93. The van der Waals surface area contributed by atoms with Crippen molar-refractivity contribution in [3.63, 3.8) is 0 Å². The van der Waals surface area contributed by atoms with E-state index in [9.17, 15) is 4.39 Å². The van der Waals surface area contributed by atoms with E-state index < -0.39 is 0 Å². The highest BCUT2D eigenvalue weighted by Gasteiger charge is 2.13. The summed E-state index contributed by atoms with van der Waals surface area (Å²) in [6.07, 6.45) is 3.23. The van der Waals surface area contributed by atoms with Gasteiger partial charge in [0.2, 0.25) is 0 Å². The van der Waals surface area contributed by atoms with Gasteiger partial charge in [-0.15, -0.1) is 0 Å². The molecule has 2 N–H and O–H groups in total. The minimum atomic E-state index is -0.149. The van der Waals surface area contributed by atoms with E-state index in [1.165, 1.54) is 0 Å². The first kappa shape index (κ1) is 15.5. The van der Waals surface area contributed by atoms with Crippen molar-refractivity contribution in [2.45, 2.75) is 32.5 Å². The highest BCUT2D eigenvalue weighted by molar-refractivity contribution is 7.98. The molecule has 0 saturated carbocycles. The lowest BCUT2D eigenvalue weighted by Gasteiger charge is -2.25. The third kappa shape index (κ3) is 4.26. The van der Waals surface area contributed by atoms with Crippen LogP contribution in [0.4, 0.5) is 4.39 Å². The monoisotopic (exact) mass is 270 g/mol. The molecule has 0 aliphatic carbocycles. The second-order valence-corrected chi connectivity index (χ2v) is 5.63. The number of rotatable bonds is 7. The van der Waals surface area contributed by atoms with Gasteiger partial charge in [0.15, 0.2) is 0 Å². The Kier molecular flexibility index (Phi) is 6.68. The van der Waals surface area contributed by atoms with Gasteiger partial charge in [-0.1, -0.05) is 18.2 Å². The average molecular weight is 270 g/mol. The predicted octanol–water partition coefficient (Wildman–Crippen LogP) is 2.86. The molecule has 1 aromatic rings. The summed E-state index contributed by atoms with van der Waals surface area (Å²) in [5.74, 6) is 0.987. The van der Waals surface area contributed by atoms with Crippen LogP contribution in [0.5, 0.6) is 0 Å². The van der Waals surface area contributed by atoms with E-state index in [0.29, 0.717) is 18.2 Å². The van der Waals surface area contributed by atoms with Gasteiger partial charge in [0.1, 0.15) is 5.82 Å². The minimum Gasteiger partial charge on any atom is -0.326 e. The van der Waals surface area contributed by atoms with Gasteiger partial charge in [0, 0.05) is 30.3 Å². The Labute approximate surface area is 114 Å². The van der Waals surface area contributed by atoms with Gasteiger partial charge < -0.3 is 5.73 Å². The topological polar surface area (TPSA) is 29.3 Å². The lowest BCUT2D eigenvalue weighted by Crippen LogP contribution is -2.29. The van der Waals surface area contributed by atoms with Crippen LogP contribution >= 0.6 is 11.8 Å². The number of hydrogen-bond acceptors (Lipinski definition) is 3. The van der Waals surface area contributed by atoms with Crippen LogP contribution in [-0.2, 0) is 13.1 Å². The maximum absolute atomic E-state index is 14.0. The molecule has 0 bridgehead atoms. The SMILES string of the molecule is CSCCC(C)N(C)Cc1cccc(CN)c1F. The molecule has 0 heterocycles. The van der Waals surface area contributed by atoms with Crippen molar-refractivity contribution in [3.8, 4) is 0 Å². The van der Waals surface area contributed by atoms with Crippen LogP contribution in [0.3, 0.4) is 0 Å². The predicted molar refractivity (Wildman–Crippen MR) is 78.2 cm³/mol. The number of nitrogens with two attached hydrogens (primary N) is 1. The van der Waals surface area contributed by atoms with E-state index in [4.69, 9.17) is 5.73 Å². The molecule has 0 radical (unpaired) electrons. The van der Waals surface area contributed by atoms with Gasteiger partial charge in [-0.25, -0.2) is 4.39 Å². The summed E-state index contributed by atoms with van der Waals surface area (Å²) in [4.78, 5) is 2.19. The standard InChI is InChI=1S/C14H23FN2S/c1-11(7-8-18-3)17(2)10-13-6-4-5-12(9-16)14(13)15/h4-6,11H,7-10,16H2,1-3H3. The smallest absolute Gasteiger partial charge is 0.132 e. The Balaban J connectivity index is 2.66. The van der Waals surface area contributed by atoms with Gasteiger partial charge in [-0.05, 0) is 32.4 Å². The summed E-state index contributed by atoms with van der Waals surface area (Å²) in [5, 5.41) is 0. The Morgan fingerprint density at radius 2 is 2.06 bits per heavy atom. The fourth-order valence-corrected chi connectivity index (χ4v) is 2.42. The maximum Gasteiger partial charge on any atom is 0.132 e. The van der Waals surface area contributed by atoms with Crippen molar-refractivity contribution in [2.24, 2.45) is 5.73 Å². The van der Waals surface area contributed by atoms with E-state index in [-0.39, 0.29) is 12.4 Å². The van der Waals surface area contributed by atoms with Crippen molar-refractivity contribution < 1.29 is 4.39 Å². The average Bonchev–Trinajstić information content (AvgIpc) is 2.38. The molecule has 102 valence electrons. The second-order valence-electron chi connectivity index (χ2n) is 4.64. The van der Waals surface area contributed by atoms with Gasteiger partial charge in [-0.2, -0.15) is 11.8 Å². The van der Waals surface area contributed by atoms with E-state index in [0.717, 1.165) is 17.7 Å². The molecule has 0 aliphatic rings. The number of hydrogen-bond donors (Lipinski definition) is 1. The molecule has 1 atom stereocenters. The van der Waals surface area contributed by atoms with E-state index >= 15 is 0 Å². The van der Waals surface area contributed by atoms with E-state index in [2.05, 4.69) is 18.1 Å². The Bertz CT molecular complexity index is 371. The Morgan fingerprint density at radius 1 is 1.39 bits per heavy atom. The fourth-order valence-electron chi connectivity index (χ4n) is 1.85. The molecule has 2 nitrogen and oxygen atoms in total. The highest BCUT2D eigenvalue weighted by atomic mass is 32.2. The Morgan fingerprint density at radius 3 is 2.67 bits per heavy atom. The van der Waals surface area contributed by atoms with Crippen molar-refractivity contribution in [1.29, 1.82) is 0 Å². The molecular formula is C14H23FN2S. The molecule has 1 unspecified atom stereocenters. The summed E-state index contributed by atoms with van der Waals surface area (Å²) in [7, 11) is 2.04. The van der Waals surface area contributed by atoms with Gasteiger partial charge in [-0.3, -0.25) is 4.90 Å². The first-order chi connectivity index (χ1) is 8.60. The van der Waals surface area contributed by atoms with Crippen LogP contribution < -0.4 is 5.73 Å². The molecule has 0 saturated heterocycles. The molecule has 0 aliphatic heterocycles. The number of benzene rings is 1. The van der Waals surface area contributed by atoms with Crippen LogP contribution in [0.25, 0.3) is 0 Å². The second kappa shape index (κ2) is 7.77. The number of nitrogens with zero attached hydrogens (tertiary/aromatic N) is 1. The van der Waals surface area contributed by atoms with Crippen LogP contribution in [0, 0.1) is 5.82 Å². The van der Waals surface area contributed by atoms with Gasteiger partial charge >= 0.3 is 0 Å². The lowest BCUT2D eigenvalue weighted by atomic mass is 10.1. The van der Waals surface area contributed by atoms with Crippen molar-refractivity contribution in [3.05, 3.63) is 35.1 Å². The molecular weight excluding hydrogens is 247 g/mol. The van der Waals surface area contributed by atoms with Crippen LogP contribution in [0.1, 0.15) is 24.5 Å². The summed E-state index contributed by atoms with van der Waals surface area (Å²) < 4.78 is 14.0. The molecule has 1 aromatic carbocycles. The molecule has 0 spiro atoms. The minimum absolute atomic E-state index is 0.149. The zero-order valence-electron chi connectivity index (χ0n) is 11.4. The summed E-state index contributed by atoms with van der Waals surface area (Å²) in [6.45, 7) is 3.07. The van der Waals surface area contributed by atoms with Gasteiger partial charge in [0.05, 0.1) is 0 Å². The largest absolute Gasteiger partial charge is 0.326 e. The van der Waals surface area contributed by atoms with Crippen LogP contribution in [0.15, 0.2) is 18.2 Å². The van der Waals surface area contributed by atoms with E-state index in [1.807, 2.05) is 30.9 Å². The summed E-state index contributed by atoms with van der Waals surface area (Å²) in [6, 6.07) is 5.92. The summed E-state index contributed by atoms with van der Waals surface area (Å²) >= 11 is 1.85. The maximum atomic E-state index is 14.0. The first-order valence-corrected chi connectivity index (χ1v) is 7.65. The molecule has 0 amide bonds. The first-order valence-electron chi connectivity index (χ1n) is 6.25. The van der Waals surface area contributed by atoms with Crippen LogP contribution in [0.2, 0.25) is 0 Å². The van der Waals surface area contributed by atoms with Gasteiger partial charge in [0.25, 0.3) is 0 Å². The molecule has 18 heavy (non-hydrogen) atoms. The Hall–Kier alpha value is -0.580. The number of halogens is 1. The molecule has 4 heteroatoms. The zero-order valence-corrected chi connectivity index (χ0v) is 12.3.